The summed E-state index contributed by atoms with van der Waals surface area (Å²) in [6.07, 6.45) is -0.0983. The van der Waals surface area contributed by atoms with Gasteiger partial charge in [-0.3, -0.25) is 4.18 Å². The second-order valence-electron chi connectivity index (χ2n) is 7.20. The van der Waals surface area contributed by atoms with Crippen molar-refractivity contribution in [1.29, 1.82) is 0 Å². The monoisotopic (exact) mass is 412 g/mol. The molecule has 0 aliphatic carbocycles. The van der Waals surface area contributed by atoms with E-state index in [0.717, 1.165) is 29.4 Å². The number of hydrogen-bond acceptors (Lipinski definition) is 4. The van der Waals surface area contributed by atoms with Crippen molar-refractivity contribution in [3.05, 3.63) is 82.7 Å². The maximum absolute atomic E-state index is 14.8. The quantitative estimate of drug-likeness (QED) is 0.558. The van der Waals surface area contributed by atoms with Crippen LogP contribution in [0.1, 0.15) is 28.4 Å². The second kappa shape index (κ2) is 7.28. The molecule has 0 fully saturated rings. The number of fused-ring (bicyclic) bond motifs is 1. The molecule has 6 heteroatoms. The highest BCUT2D eigenvalue weighted by molar-refractivity contribution is 7.86. The molecular formula is C23H21FO4S. The number of rotatable bonds is 4. The first kappa shape index (κ1) is 19.6. The summed E-state index contributed by atoms with van der Waals surface area (Å²) in [4.78, 5) is 0.0707. The van der Waals surface area contributed by atoms with Crippen LogP contribution in [-0.4, -0.2) is 15.5 Å². The van der Waals surface area contributed by atoms with Crippen LogP contribution in [0.5, 0.6) is 5.75 Å². The van der Waals surface area contributed by atoms with Crippen molar-refractivity contribution in [2.24, 2.45) is 0 Å². The van der Waals surface area contributed by atoms with Gasteiger partial charge in [0, 0.05) is 12.0 Å². The highest BCUT2D eigenvalue weighted by Crippen LogP contribution is 2.46. The van der Waals surface area contributed by atoms with Gasteiger partial charge in [-0.2, -0.15) is 8.42 Å². The minimum absolute atomic E-state index is 0.0707. The summed E-state index contributed by atoms with van der Waals surface area (Å²) in [5.41, 5.74) is 4.37. The van der Waals surface area contributed by atoms with Crippen molar-refractivity contribution in [2.45, 2.75) is 31.3 Å². The Hall–Kier alpha value is -2.70. The van der Waals surface area contributed by atoms with Gasteiger partial charge in [-0.15, -0.1) is 0 Å². The molecule has 4 nitrogen and oxygen atoms in total. The average Bonchev–Trinajstić information content (AvgIpc) is 3.13. The van der Waals surface area contributed by atoms with Gasteiger partial charge in [-0.25, -0.2) is 4.39 Å². The standard InChI is InChI=1S/C23H21FO4S/c1-14-8-11-21(29(25,26)27-3)18(12-14)20-13-16-9-10-19(24)22(23(16)28-20)17-7-5-4-6-15(17)2/h4-12,20H,13H2,1-3H3. The van der Waals surface area contributed by atoms with Gasteiger partial charge in [0.2, 0.25) is 0 Å². The van der Waals surface area contributed by atoms with Crippen molar-refractivity contribution < 1.29 is 21.7 Å². The van der Waals surface area contributed by atoms with Crippen LogP contribution in [-0.2, 0) is 20.7 Å². The molecule has 4 rings (SSSR count). The van der Waals surface area contributed by atoms with Crippen molar-refractivity contribution in [3.63, 3.8) is 0 Å². The first-order valence-electron chi connectivity index (χ1n) is 9.27. The molecule has 1 atom stereocenters. The third-order valence-corrected chi connectivity index (χ3v) is 6.62. The molecule has 0 amide bonds. The van der Waals surface area contributed by atoms with Crippen LogP contribution >= 0.6 is 0 Å². The molecule has 0 radical (unpaired) electrons. The Morgan fingerprint density at radius 2 is 1.83 bits per heavy atom. The first-order chi connectivity index (χ1) is 13.8. The molecule has 3 aromatic rings. The lowest BCUT2D eigenvalue weighted by Crippen LogP contribution is -2.12. The molecule has 0 bridgehead atoms. The van der Waals surface area contributed by atoms with E-state index >= 15 is 0 Å². The van der Waals surface area contributed by atoms with Gasteiger partial charge in [-0.1, -0.05) is 48.0 Å². The van der Waals surface area contributed by atoms with Crippen LogP contribution < -0.4 is 4.74 Å². The molecule has 29 heavy (non-hydrogen) atoms. The molecule has 1 unspecified atom stereocenters. The molecule has 0 N–H and O–H groups in total. The van der Waals surface area contributed by atoms with Crippen molar-refractivity contribution in [2.75, 3.05) is 7.11 Å². The van der Waals surface area contributed by atoms with Gasteiger partial charge >= 0.3 is 0 Å². The maximum atomic E-state index is 14.8. The van der Waals surface area contributed by atoms with E-state index in [1.807, 2.05) is 38.1 Å². The van der Waals surface area contributed by atoms with Gasteiger partial charge in [-0.05, 0) is 42.7 Å². The number of hydrogen-bond donors (Lipinski definition) is 0. The molecule has 3 aromatic carbocycles. The molecule has 1 aliphatic rings. The molecule has 1 aliphatic heterocycles. The Labute approximate surface area is 170 Å². The van der Waals surface area contributed by atoms with E-state index in [-0.39, 0.29) is 10.7 Å². The maximum Gasteiger partial charge on any atom is 0.297 e. The lowest BCUT2D eigenvalue weighted by Gasteiger charge is -2.17. The minimum atomic E-state index is -3.90. The SMILES string of the molecule is COS(=O)(=O)c1ccc(C)cc1C1Cc2ccc(F)c(-c3ccccc3C)c2O1. The van der Waals surface area contributed by atoms with E-state index in [1.165, 1.54) is 12.1 Å². The molecule has 0 spiro atoms. The van der Waals surface area contributed by atoms with Crippen LogP contribution in [0.2, 0.25) is 0 Å². The molecule has 150 valence electrons. The second-order valence-corrected chi connectivity index (χ2v) is 8.88. The van der Waals surface area contributed by atoms with Crippen molar-refractivity contribution in [1.82, 2.24) is 0 Å². The van der Waals surface area contributed by atoms with Gasteiger partial charge < -0.3 is 4.74 Å². The first-order valence-corrected chi connectivity index (χ1v) is 10.7. The van der Waals surface area contributed by atoms with Gasteiger partial charge in [0.1, 0.15) is 22.6 Å². The van der Waals surface area contributed by atoms with Crippen LogP contribution in [0, 0.1) is 19.7 Å². The molecule has 0 saturated heterocycles. The van der Waals surface area contributed by atoms with E-state index in [2.05, 4.69) is 0 Å². The summed E-state index contributed by atoms with van der Waals surface area (Å²) in [5.74, 6) is 0.0965. The number of halogens is 1. The number of ether oxygens (including phenoxy) is 1. The zero-order valence-corrected chi connectivity index (χ0v) is 17.2. The minimum Gasteiger partial charge on any atom is -0.484 e. The lowest BCUT2D eigenvalue weighted by atomic mass is 9.96. The Morgan fingerprint density at radius 1 is 1.07 bits per heavy atom. The molecule has 0 saturated carbocycles. The fourth-order valence-corrected chi connectivity index (χ4v) is 4.69. The van der Waals surface area contributed by atoms with E-state index in [9.17, 15) is 12.8 Å². The summed E-state index contributed by atoms with van der Waals surface area (Å²) < 4.78 is 50.6. The normalized spacial score (nSPS) is 15.8. The third kappa shape index (κ3) is 3.43. The van der Waals surface area contributed by atoms with Crippen LogP contribution in [0.3, 0.4) is 0 Å². The van der Waals surface area contributed by atoms with E-state index in [4.69, 9.17) is 8.92 Å². The molecule has 0 aromatic heterocycles. The Morgan fingerprint density at radius 3 is 2.55 bits per heavy atom. The fourth-order valence-electron chi connectivity index (χ4n) is 3.80. The van der Waals surface area contributed by atoms with Gasteiger partial charge in [0.05, 0.1) is 12.7 Å². The van der Waals surface area contributed by atoms with E-state index in [0.29, 0.717) is 23.3 Å². The molecule has 1 heterocycles. The molecular weight excluding hydrogens is 391 g/mol. The van der Waals surface area contributed by atoms with Crippen molar-refractivity contribution >= 4 is 10.1 Å². The largest absolute Gasteiger partial charge is 0.484 e. The van der Waals surface area contributed by atoms with E-state index in [1.54, 1.807) is 18.2 Å². The summed E-state index contributed by atoms with van der Waals surface area (Å²) in [6.45, 7) is 3.80. The Kier molecular flexibility index (Phi) is 4.92. The summed E-state index contributed by atoms with van der Waals surface area (Å²) >= 11 is 0. The van der Waals surface area contributed by atoms with Crippen LogP contribution in [0.15, 0.2) is 59.5 Å². The lowest BCUT2D eigenvalue weighted by molar-refractivity contribution is 0.234. The van der Waals surface area contributed by atoms with E-state index < -0.39 is 16.2 Å². The van der Waals surface area contributed by atoms with Crippen LogP contribution in [0.25, 0.3) is 11.1 Å². The zero-order valence-electron chi connectivity index (χ0n) is 16.4. The summed E-state index contributed by atoms with van der Waals surface area (Å²) in [7, 11) is -2.77. The number of benzene rings is 3. The van der Waals surface area contributed by atoms with Gasteiger partial charge in [0.15, 0.2) is 0 Å². The predicted molar refractivity (Wildman–Crippen MR) is 109 cm³/mol. The van der Waals surface area contributed by atoms with Crippen molar-refractivity contribution in [3.8, 4) is 16.9 Å². The average molecular weight is 412 g/mol. The summed E-state index contributed by atoms with van der Waals surface area (Å²) in [5, 5.41) is 0. The van der Waals surface area contributed by atoms with Gasteiger partial charge in [0.25, 0.3) is 10.1 Å². The smallest absolute Gasteiger partial charge is 0.297 e. The highest BCUT2D eigenvalue weighted by atomic mass is 32.2. The summed E-state index contributed by atoms with van der Waals surface area (Å²) in [6, 6.07) is 15.7. The Balaban J connectivity index is 1.84. The fraction of sp³-hybridized carbons (Fsp3) is 0.217. The zero-order chi connectivity index (χ0) is 20.8. The van der Waals surface area contributed by atoms with Crippen LogP contribution in [0.4, 0.5) is 4.39 Å². The number of aryl methyl sites for hydroxylation is 2. The predicted octanol–water partition coefficient (Wildman–Crippen LogP) is 5.12. The topological polar surface area (TPSA) is 52.6 Å². The third-order valence-electron chi connectivity index (χ3n) is 5.27. The highest BCUT2D eigenvalue weighted by Gasteiger charge is 2.33. The Bertz CT molecular complexity index is 1200.